The third-order valence-corrected chi connectivity index (χ3v) is 6.40. The molecule has 8 heteroatoms. The Hall–Kier alpha value is -2.22. The lowest BCUT2D eigenvalue weighted by molar-refractivity contribution is -0.115. The van der Waals surface area contributed by atoms with Gasteiger partial charge in [0.25, 0.3) is 5.91 Å². The van der Waals surface area contributed by atoms with Crippen molar-refractivity contribution in [2.24, 2.45) is 0 Å². The molecule has 1 N–H and O–H groups in total. The molecule has 0 radical (unpaired) electrons. The summed E-state index contributed by atoms with van der Waals surface area (Å²) in [6, 6.07) is 6.99. The van der Waals surface area contributed by atoms with Crippen LogP contribution < -0.4 is 5.32 Å². The Balaban J connectivity index is 1.48. The molecule has 3 heterocycles. The van der Waals surface area contributed by atoms with Crippen LogP contribution in [0.1, 0.15) is 28.9 Å². The molecule has 0 aliphatic carbocycles. The van der Waals surface area contributed by atoms with Crippen LogP contribution in [0.4, 0.5) is 5.69 Å². The minimum Gasteiger partial charge on any atom is -0.339 e. The number of likely N-dealkylation sites (tertiary alicyclic amines) is 1. The third-order valence-electron chi connectivity index (χ3n) is 4.54. The van der Waals surface area contributed by atoms with Crippen LogP contribution in [0.15, 0.2) is 40.4 Å². The van der Waals surface area contributed by atoms with Gasteiger partial charge in [-0.05, 0) is 42.5 Å². The number of anilines is 1. The highest BCUT2D eigenvalue weighted by Crippen LogP contribution is 2.27. The van der Waals surface area contributed by atoms with E-state index in [-0.39, 0.29) is 18.2 Å². The maximum atomic E-state index is 12.8. The third kappa shape index (κ3) is 4.27. The lowest BCUT2D eigenvalue weighted by Gasteiger charge is -2.18. The summed E-state index contributed by atoms with van der Waals surface area (Å²) in [6.07, 6.45) is 2.17. The molecule has 1 aliphatic rings. The summed E-state index contributed by atoms with van der Waals surface area (Å²) < 4.78 is 0. The van der Waals surface area contributed by atoms with E-state index in [1.807, 2.05) is 27.1 Å². The Labute approximate surface area is 176 Å². The van der Waals surface area contributed by atoms with Crippen molar-refractivity contribution in [3.8, 4) is 10.6 Å². The number of aromatic nitrogens is 1. The molecule has 1 saturated heterocycles. The standard InChI is InChI=1S/C20H18ClN3O2S2/c21-14-3-4-16(20(26)24-6-1-2-7-24)17(9-14)23-18(25)10-15-12-28-19(22-15)13-5-8-27-11-13/h3-5,8-9,11-12H,1-2,6-7,10H2,(H,23,25). The predicted molar refractivity (Wildman–Crippen MR) is 114 cm³/mol. The van der Waals surface area contributed by atoms with Gasteiger partial charge < -0.3 is 10.2 Å². The molecule has 4 rings (SSSR count). The van der Waals surface area contributed by atoms with E-state index in [1.165, 1.54) is 11.3 Å². The first-order valence-electron chi connectivity index (χ1n) is 8.96. The van der Waals surface area contributed by atoms with Crippen molar-refractivity contribution >= 4 is 51.8 Å². The number of halogens is 1. The van der Waals surface area contributed by atoms with E-state index >= 15 is 0 Å². The Morgan fingerprint density at radius 2 is 2.00 bits per heavy atom. The fourth-order valence-electron chi connectivity index (χ4n) is 3.16. The largest absolute Gasteiger partial charge is 0.339 e. The highest BCUT2D eigenvalue weighted by molar-refractivity contribution is 7.14. The Bertz CT molecular complexity index is 995. The molecule has 1 aromatic carbocycles. The van der Waals surface area contributed by atoms with Crippen LogP contribution in [0.25, 0.3) is 10.6 Å². The molecule has 0 unspecified atom stereocenters. The van der Waals surface area contributed by atoms with Crippen LogP contribution >= 0.6 is 34.3 Å². The number of carbonyl (C=O) groups excluding carboxylic acids is 2. The summed E-state index contributed by atoms with van der Waals surface area (Å²) in [5.41, 5.74) is 2.69. The number of nitrogens with one attached hydrogen (secondary N) is 1. The van der Waals surface area contributed by atoms with E-state index in [1.54, 1.807) is 29.5 Å². The average Bonchev–Trinajstić information content (AvgIpc) is 3.43. The number of hydrogen-bond acceptors (Lipinski definition) is 5. The molecule has 28 heavy (non-hydrogen) atoms. The lowest BCUT2D eigenvalue weighted by atomic mass is 10.1. The Morgan fingerprint density at radius 3 is 2.75 bits per heavy atom. The Morgan fingerprint density at radius 1 is 1.18 bits per heavy atom. The first-order chi connectivity index (χ1) is 13.6. The normalized spacial score (nSPS) is 13.7. The SMILES string of the molecule is O=C(Cc1csc(-c2ccsc2)n1)Nc1cc(Cl)ccc1C(=O)N1CCCC1. The summed E-state index contributed by atoms with van der Waals surface area (Å²) in [4.78, 5) is 31.7. The molecule has 2 aromatic heterocycles. The first kappa shape index (κ1) is 19.1. The second kappa shape index (κ2) is 8.43. The molecule has 3 aromatic rings. The van der Waals surface area contributed by atoms with Crippen molar-refractivity contribution in [2.75, 3.05) is 18.4 Å². The molecular weight excluding hydrogens is 414 g/mol. The predicted octanol–water partition coefficient (Wildman–Crippen LogP) is 4.94. The zero-order valence-corrected chi connectivity index (χ0v) is 17.4. The summed E-state index contributed by atoms with van der Waals surface area (Å²) in [7, 11) is 0. The van der Waals surface area contributed by atoms with Gasteiger partial charge >= 0.3 is 0 Å². The van der Waals surface area contributed by atoms with E-state index in [9.17, 15) is 9.59 Å². The van der Waals surface area contributed by atoms with Gasteiger partial charge in [-0.2, -0.15) is 11.3 Å². The molecule has 5 nitrogen and oxygen atoms in total. The van der Waals surface area contributed by atoms with Gasteiger partial charge in [-0.1, -0.05) is 11.6 Å². The minimum atomic E-state index is -0.222. The fourth-order valence-corrected chi connectivity index (χ4v) is 4.87. The van der Waals surface area contributed by atoms with Crippen LogP contribution in [0.5, 0.6) is 0 Å². The lowest BCUT2D eigenvalue weighted by Crippen LogP contribution is -2.29. The number of amides is 2. The first-order valence-corrected chi connectivity index (χ1v) is 11.2. The summed E-state index contributed by atoms with van der Waals surface area (Å²) >= 11 is 9.23. The van der Waals surface area contributed by atoms with Gasteiger partial charge in [0.2, 0.25) is 5.91 Å². The van der Waals surface area contributed by atoms with E-state index in [2.05, 4.69) is 10.3 Å². The average molecular weight is 432 g/mol. The van der Waals surface area contributed by atoms with Crippen molar-refractivity contribution < 1.29 is 9.59 Å². The number of benzene rings is 1. The van der Waals surface area contributed by atoms with Crippen molar-refractivity contribution in [3.63, 3.8) is 0 Å². The molecule has 144 valence electrons. The number of rotatable bonds is 5. The molecule has 1 fully saturated rings. The van der Waals surface area contributed by atoms with Crippen LogP contribution in [-0.4, -0.2) is 34.8 Å². The van der Waals surface area contributed by atoms with Gasteiger partial charge in [-0.15, -0.1) is 11.3 Å². The van der Waals surface area contributed by atoms with Crippen molar-refractivity contribution in [1.82, 2.24) is 9.88 Å². The van der Waals surface area contributed by atoms with Crippen molar-refractivity contribution in [3.05, 3.63) is 56.7 Å². The molecule has 2 amide bonds. The van der Waals surface area contributed by atoms with Crippen LogP contribution in [0.3, 0.4) is 0 Å². The van der Waals surface area contributed by atoms with Gasteiger partial charge in [0.05, 0.1) is 23.4 Å². The Kier molecular flexibility index (Phi) is 5.75. The maximum Gasteiger partial charge on any atom is 0.255 e. The van der Waals surface area contributed by atoms with E-state index < -0.39 is 0 Å². The number of thiazole rings is 1. The second-order valence-corrected chi connectivity index (χ2v) is 8.64. The second-order valence-electron chi connectivity index (χ2n) is 6.57. The number of nitrogens with zero attached hydrogens (tertiary/aromatic N) is 2. The molecule has 1 aliphatic heterocycles. The van der Waals surface area contributed by atoms with Gasteiger partial charge in [-0.25, -0.2) is 4.98 Å². The summed E-state index contributed by atoms with van der Waals surface area (Å²) in [6.45, 7) is 1.50. The zero-order valence-electron chi connectivity index (χ0n) is 15.0. The fraction of sp³-hybridized carbons (Fsp3) is 0.250. The topological polar surface area (TPSA) is 62.3 Å². The highest BCUT2D eigenvalue weighted by Gasteiger charge is 2.23. The molecular formula is C20H18ClN3O2S2. The van der Waals surface area contributed by atoms with Crippen LogP contribution in [-0.2, 0) is 11.2 Å². The summed E-state index contributed by atoms with van der Waals surface area (Å²) in [5.74, 6) is -0.294. The quantitative estimate of drug-likeness (QED) is 0.622. The number of thiophene rings is 1. The zero-order chi connectivity index (χ0) is 19.5. The van der Waals surface area contributed by atoms with E-state index in [0.717, 1.165) is 36.5 Å². The minimum absolute atomic E-state index is 0.0714. The van der Waals surface area contributed by atoms with E-state index in [0.29, 0.717) is 22.0 Å². The van der Waals surface area contributed by atoms with Gasteiger partial charge in [-0.3, -0.25) is 9.59 Å². The van der Waals surface area contributed by atoms with Crippen LogP contribution in [0.2, 0.25) is 5.02 Å². The molecule has 0 atom stereocenters. The van der Waals surface area contributed by atoms with Crippen LogP contribution in [0, 0.1) is 0 Å². The van der Waals surface area contributed by atoms with Gasteiger partial charge in [0.15, 0.2) is 0 Å². The summed E-state index contributed by atoms with van der Waals surface area (Å²) in [5, 5.41) is 10.1. The van der Waals surface area contributed by atoms with Crippen molar-refractivity contribution in [1.29, 1.82) is 0 Å². The number of hydrogen-bond donors (Lipinski definition) is 1. The maximum absolute atomic E-state index is 12.8. The van der Waals surface area contributed by atoms with Crippen molar-refractivity contribution in [2.45, 2.75) is 19.3 Å². The highest BCUT2D eigenvalue weighted by atomic mass is 35.5. The molecule has 0 bridgehead atoms. The smallest absolute Gasteiger partial charge is 0.255 e. The monoisotopic (exact) mass is 431 g/mol. The van der Waals surface area contributed by atoms with Gasteiger partial charge in [0.1, 0.15) is 5.01 Å². The number of carbonyl (C=O) groups is 2. The molecule has 0 saturated carbocycles. The van der Waals surface area contributed by atoms with Gasteiger partial charge in [0, 0.05) is 34.4 Å². The molecule has 0 spiro atoms. The van der Waals surface area contributed by atoms with E-state index in [4.69, 9.17) is 11.6 Å².